The maximum atomic E-state index is 12.2. The molecular formula is C16H18O4. The quantitative estimate of drug-likeness (QED) is 0.435. The number of esters is 2. The fourth-order valence-electron chi connectivity index (χ4n) is 1.65. The van der Waals surface area contributed by atoms with Crippen LogP contribution < -0.4 is 0 Å². The Morgan fingerprint density at radius 3 is 1.90 bits per heavy atom. The molecule has 0 heterocycles. The van der Waals surface area contributed by atoms with Crippen molar-refractivity contribution in [2.45, 2.75) is 12.3 Å². The minimum Gasteiger partial charge on any atom is -0.460 e. The summed E-state index contributed by atoms with van der Waals surface area (Å²) >= 11 is 0. The molecule has 0 N–H and O–H groups in total. The molecule has 106 valence electrons. The fraction of sp³-hybridized carbons (Fsp3) is 0.250. The molecule has 0 saturated heterocycles. The Bertz CT molecular complexity index is 466. The van der Waals surface area contributed by atoms with E-state index in [4.69, 9.17) is 9.47 Å². The van der Waals surface area contributed by atoms with E-state index < -0.39 is 17.4 Å². The Labute approximate surface area is 118 Å². The SMILES string of the molecule is C=CCOC(=O)C(C)(C(=O)OCC=C)c1ccccc1. The summed E-state index contributed by atoms with van der Waals surface area (Å²) in [6, 6.07) is 8.66. The van der Waals surface area contributed by atoms with Gasteiger partial charge in [0.1, 0.15) is 13.2 Å². The molecular weight excluding hydrogens is 256 g/mol. The Morgan fingerprint density at radius 2 is 1.50 bits per heavy atom. The highest BCUT2D eigenvalue weighted by Gasteiger charge is 2.46. The molecule has 1 aromatic carbocycles. The maximum absolute atomic E-state index is 12.2. The number of hydrogen-bond acceptors (Lipinski definition) is 4. The van der Waals surface area contributed by atoms with Gasteiger partial charge in [-0.05, 0) is 12.5 Å². The highest BCUT2D eigenvalue weighted by molar-refractivity contribution is 6.05. The molecule has 0 bridgehead atoms. The zero-order valence-corrected chi connectivity index (χ0v) is 11.5. The maximum Gasteiger partial charge on any atom is 0.328 e. The van der Waals surface area contributed by atoms with Gasteiger partial charge < -0.3 is 9.47 Å². The van der Waals surface area contributed by atoms with Crippen LogP contribution in [0.1, 0.15) is 12.5 Å². The van der Waals surface area contributed by atoms with Crippen LogP contribution in [0.15, 0.2) is 55.6 Å². The zero-order valence-electron chi connectivity index (χ0n) is 11.5. The molecule has 0 spiro atoms. The first kappa shape index (κ1) is 15.7. The first-order valence-electron chi connectivity index (χ1n) is 6.19. The molecule has 4 nitrogen and oxygen atoms in total. The predicted octanol–water partition coefficient (Wildman–Crippen LogP) is 2.40. The van der Waals surface area contributed by atoms with Gasteiger partial charge >= 0.3 is 11.9 Å². The summed E-state index contributed by atoms with van der Waals surface area (Å²) in [5.74, 6) is -1.34. The van der Waals surface area contributed by atoms with Crippen LogP contribution >= 0.6 is 0 Å². The number of carbonyl (C=O) groups is 2. The molecule has 0 aliphatic heterocycles. The second kappa shape index (κ2) is 7.28. The van der Waals surface area contributed by atoms with E-state index in [0.29, 0.717) is 5.56 Å². The Kier molecular flexibility index (Phi) is 5.72. The second-order valence-corrected chi connectivity index (χ2v) is 4.27. The lowest BCUT2D eigenvalue weighted by molar-refractivity contribution is -0.163. The highest BCUT2D eigenvalue weighted by Crippen LogP contribution is 2.27. The molecule has 0 saturated carbocycles. The number of carbonyl (C=O) groups excluding carboxylic acids is 2. The molecule has 0 aliphatic carbocycles. The minimum atomic E-state index is -1.51. The van der Waals surface area contributed by atoms with E-state index in [1.165, 1.54) is 19.1 Å². The van der Waals surface area contributed by atoms with E-state index in [-0.39, 0.29) is 13.2 Å². The Morgan fingerprint density at radius 1 is 1.05 bits per heavy atom. The van der Waals surface area contributed by atoms with Crippen LogP contribution in [0.25, 0.3) is 0 Å². The van der Waals surface area contributed by atoms with Gasteiger partial charge in [0.15, 0.2) is 5.41 Å². The van der Waals surface area contributed by atoms with Crippen molar-refractivity contribution in [2.24, 2.45) is 0 Å². The smallest absolute Gasteiger partial charge is 0.328 e. The molecule has 0 atom stereocenters. The molecule has 1 rings (SSSR count). The lowest BCUT2D eigenvalue weighted by Gasteiger charge is -2.25. The van der Waals surface area contributed by atoms with Gasteiger partial charge in [0, 0.05) is 0 Å². The van der Waals surface area contributed by atoms with E-state index in [1.54, 1.807) is 30.3 Å². The topological polar surface area (TPSA) is 52.6 Å². The van der Waals surface area contributed by atoms with Crippen molar-refractivity contribution in [2.75, 3.05) is 13.2 Å². The van der Waals surface area contributed by atoms with E-state index in [1.807, 2.05) is 0 Å². The van der Waals surface area contributed by atoms with Crippen LogP contribution in [0.5, 0.6) is 0 Å². The van der Waals surface area contributed by atoms with Crippen LogP contribution in [0.3, 0.4) is 0 Å². The normalized spacial score (nSPS) is 10.4. The molecule has 0 aliphatic rings. The average molecular weight is 274 g/mol. The second-order valence-electron chi connectivity index (χ2n) is 4.27. The fourth-order valence-corrected chi connectivity index (χ4v) is 1.65. The number of ether oxygens (including phenoxy) is 2. The molecule has 0 aromatic heterocycles. The van der Waals surface area contributed by atoms with Crippen molar-refractivity contribution in [3.63, 3.8) is 0 Å². The van der Waals surface area contributed by atoms with Crippen LogP contribution in [0.2, 0.25) is 0 Å². The molecule has 0 radical (unpaired) electrons. The summed E-state index contributed by atoms with van der Waals surface area (Å²) in [6.07, 6.45) is 2.89. The van der Waals surface area contributed by atoms with Crippen LogP contribution in [-0.2, 0) is 24.5 Å². The molecule has 0 fully saturated rings. The van der Waals surface area contributed by atoms with Gasteiger partial charge in [0.2, 0.25) is 0 Å². The Hall–Kier alpha value is -2.36. The molecule has 0 amide bonds. The van der Waals surface area contributed by atoms with Crippen molar-refractivity contribution in [3.05, 3.63) is 61.2 Å². The van der Waals surface area contributed by atoms with Crippen molar-refractivity contribution in [1.82, 2.24) is 0 Å². The third-order valence-corrected chi connectivity index (χ3v) is 2.83. The highest BCUT2D eigenvalue weighted by atomic mass is 16.6. The minimum absolute atomic E-state index is 0.0377. The van der Waals surface area contributed by atoms with E-state index in [0.717, 1.165) is 0 Å². The van der Waals surface area contributed by atoms with Gasteiger partial charge in [-0.25, -0.2) is 0 Å². The summed E-state index contributed by atoms with van der Waals surface area (Å²) in [6.45, 7) is 8.51. The lowest BCUT2D eigenvalue weighted by atomic mass is 9.82. The first-order valence-corrected chi connectivity index (χ1v) is 6.19. The van der Waals surface area contributed by atoms with E-state index in [9.17, 15) is 9.59 Å². The number of rotatable bonds is 7. The van der Waals surface area contributed by atoms with Crippen LogP contribution in [0.4, 0.5) is 0 Å². The summed E-state index contributed by atoms with van der Waals surface area (Å²) in [7, 11) is 0. The molecule has 0 unspecified atom stereocenters. The summed E-state index contributed by atoms with van der Waals surface area (Å²) in [4.78, 5) is 24.5. The van der Waals surface area contributed by atoms with Crippen molar-refractivity contribution >= 4 is 11.9 Å². The first-order chi connectivity index (χ1) is 9.57. The van der Waals surface area contributed by atoms with Crippen LogP contribution in [-0.4, -0.2) is 25.2 Å². The third kappa shape index (κ3) is 3.35. The largest absolute Gasteiger partial charge is 0.460 e. The third-order valence-electron chi connectivity index (χ3n) is 2.83. The summed E-state index contributed by atoms with van der Waals surface area (Å²) in [5, 5.41) is 0. The molecule has 4 heteroatoms. The van der Waals surface area contributed by atoms with Crippen molar-refractivity contribution < 1.29 is 19.1 Å². The standard InChI is InChI=1S/C16H18O4/c1-4-11-19-14(17)16(3,15(18)20-12-5-2)13-9-7-6-8-10-13/h4-10H,1-2,11-12H2,3H3. The van der Waals surface area contributed by atoms with Crippen LogP contribution in [0, 0.1) is 0 Å². The molecule has 1 aromatic rings. The van der Waals surface area contributed by atoms with Gasteiger partial charge in [-0.3, -0.25) is 9.59 Å². The van der Waals surface area contributed by atoms with Gasteiger partial charge in [-0.15, -0.1) is 0 Å². The van der Waals surface area contributed by atoms with Gasteiger partial charge in [0.25, 0.3) is 0 Å². The van der Waals surface area contributed by atoms with Crippen molar-refractivity contribution in [1.29, 1.82) is 0 Å². The Balaban J connectivity index is 3.11. The van der Waals surface area contributed by atoms with E-state index >= 15 is 0 Å². The lowest BCUT2D eigenvalue weighted by Crippen LogP contribution is -2.43. The summed E-state index contributed by atoms with van der Waals surface area (Å²) in [5.41, 5.74) is -0.990. The van der Waals surface area contributed by atoms with Crippen molar-refractivity contribution in [3.8, 4) is 0 Å². The monoisotopic (exact) mass is 274 g/mol. The zero-order chi connectivity index (χ0) is 15.0. The number of benzene rings is 1. The average Bonchev–Trinajstić information content (AvgIpc) is 2.50. The number of hydrogen-bond donors (Lipinski definition) is 0. The molecule has 20 heavy (non-hydrogen) atoms. The van der Waals surface area contributed by atoms with Gasteiger partial charge in [-0.1, -0.05) is 55.6 Å². The summed E-state index contributed by atoms with van der Waals surface area (Å²) < 4.78 is 10.1. The van der Waals surface area contributed by atoms with E-state index in [2.05, 4.69) is 13.2 Å². The predicted molar refractivity (Wildman–Crippen MR) is 76.1 cm³/mol. The van der Waals surface area contributed by atoms with Gasteiger partial charge in [0.05, 0.1) is 0 Å². The van der Waals surface area contributed by atoms with Gasteiger partial charge in [-0.2, -0.15) is 0 Å².